The molecule has 3 heteroatoms. The van der Waals surface area contributed by atoms with Crippen LogP contribution in [0.1, 0.15) is 23.0 Å². The minimum absolute atomic E-state index is 0.0318. The fraction of sp³-hybridized carbons (Fsp3) is 0.250. The van der Waals surface area contributed by atoms with Crippen molar-refractivity contribution in [2.75, 3.05) is 0 Å². The lowest BCUT2D eigenvalue weighted by Gasteiger charge is -1.98. The van der Waals surface area contributed by atoms with Gasteiger partial charge in [-0.05, 0) is 41.9 Å². The molecule has 0 unspecified atom stereocenters. The average molecular weight is 214 g/mol. The van der Waals surface area contributed by atoms with Gasteiger partial charge in [-0.2, -0.15) is 0 Å². The molecule has 0 saturated carbocycles. The van der Waals surface area contributed by atoms with Crippen LogP contribution in [0.15, 0.2) is 16.7 Å². The Kier molecular flexibility index (Phi) is 2.39. The van der Waals surface area contributed by atoms with Gasteiger partial charge in [0.15, 0.2) is 5.78 Å². The van der Waals surface area contributed by atoms with Crippen molar-refractivity contribution >= 4 is 21.7 Å². The Morgan fingerprint density at radius 3 is 2.64 bits per heavy atom. The van der Waals surface area contributed by atoms with E-state index >= 15 is 0 Å². The molecule has 0 spiro atoms. The van der Waals surface area contributed by atoms with Crippen molar-refractivity contribution in [1.82, 2.24) is 4.98 Å². The van der Waals surface area contributed by atoms with E-state index in [0.29, 0.717) is 10.2 Å². The maximum atomic E-state index is 10.9. The summed E-state index contributed by atoms with van der Waals surface area (Å²) in [6, 6.07) is 3.59. The molecule has 0 fully saturated rings. The van der Waals surface area contributed by atoms with E-state index in [9.17, 15) is 4.79 Å². The minimum Gasteiger partial charge on any atom is -0.294 e. The van der Waals surface area contributed by atoms with Gasteiger partial charge in [0, 0.05) is 5.69 Å². The van der Waals surface area contributed by atoms with Crippen LogP contribution < -0.4 is 0 Å². The Bertz CT molecular complexity index is 296. The maximum absolute atomic E-state index is 10.9. The van der Waals surface area contributed by atoms with Crippen LogP contribution in [0.2, 0.25) is 0 Å². The molecule has 1 aromatic heterocycles. The molecule has 0 aliphatic rings. The van der Waals surface area contributed by atoms with Crippen molar-refractivity contribution in [3.8, 4) is 0 Å². The van der Waals surface area contributed by atoms with Crippen molar-refractivity contribution in [3.05, 3.63) is 28.0 Å². The number of carbonyl (C=O) groups is 1. The quantitative estimate of drug-likeness (QED) is 0.530. The number of hydrogen-bond acceptors (Lipinski definition) is 2. The molecule has 0 atom stereocenters. The van der Waals surface area contributed by atoms with Crippen LogP contribution in [0.4, 0.5) is 0 Å². The second-order valence-electron chi connectivity index (χ2n) is 2.35. The first-order chi connectivity index (χ1) is 5.11. The molecule has 58 valence electrons. The van der Waals surface area contributed by atoms with Crippen molar-refractivity contribution in [3.63, 3.8) is 0 Å². The predicted molar refractivity (Wildman–Crippen MR) is 46.7 cm³/mol. The average Bonchev–Trinajstić information content (AvgIpc) is 1.85. The third-order valence-corrected chi connectivity index (χ3v) is 1.97. The van der Waals surface area contributed by atoms with Gasteiger partial charge in [0.1, 0.15) is 4.60 Å². The summed E-state index contributed by atoms with van der Waals surface area (Å²) in [7, 11) is 0. The summed E-state index contributed by atoms with van der Waals surface area (Å²) in [6.45, 7) is 3.41. The van der Waals surface area contributed by atoms with Crippen LogP contribution >= 0.6 is 15.9 Å². The third kappa shape index (κ3) is 1.87. The largest absolute Gasteiger partial charge is 0.294 e. The van der Waals surface area contributed by atoms with Gasteiger partial charge in [0.25, 0.3) is 0 Å². The van der Waals surface area contributed by atoms with Crippen LogP contribution in [-0.4, -0.2) is 10.8 Å². The molecule has 0 aromatic carbocycles. The SMILES string of the molecule is CC(=O)c1ccc(C)nc1Br. The normalized spacial score (nSPS) is 9.73. The molecule has 1 aromatic rings. The van der Waals surface area contributed by atoms with Crippen LogP contribution in [0, 0.1) is 6.92 Å². The van der Waals surface area contributed by atoms with E-state index in [1.807, 2.05) is 13.0 Å². The minimum atomic E-state index is 0.0318. The lowest BCUT2D eigenvalue weighted by atomic mass is 10.2. The Balaban J connectivity index is 3.20. The number of ketones is 1. The molecule has 1 rings (SSSR count). The molecular weight excluding hydrogens is 206 g/mol. The van der Waals surface area contributed by atoms with Crippen molar-refractivity contribution < 1.29 is 4.79 Å². The van der Waals surface area contributed by atoms with E-state index < -0.39 is 0 Å². The highest BCUT2D eigenvalue weighted by molar-refractivity contribution is 9.10. The van der Waals surface area contributed by atoms with Gasteiger partial charge >= 0.3 is 0 Å². The summed E-state index contributed by atoms with van der Waals surface area (Å²) in [5.74, 6) is 0.0318. The van der Waals surface area contributed by atoms with Gasteiger partial charge < -0.3 is 0 Å². The highest BCUT2D eigenvalue weighted by atomic mass is 79.9. The molecule has 0 aliphatic heterocycles. The number of nitrogens with zero attached hydrogens (tertiary/aromatic N) is 1. The molecule has 0 saturated heterocycles. The van der Waals surface area contributed by atoms with Gasteiger partial charge in [-0.3, -0.25) is 4.79 Å². The number of halogens is 1. The first-order valence-corrected chi connectivity index (χ1v) is 4.04. The van der Waals surface area contributed by atoms with Crippen LogP contribution in [0.3, 0.4) is 0 Å². The fourth-order valence-electron chi connectivity index (χ4n) is 0.788. The number of Topliss-reactive ketones (excluding diaryl/α,β-unsaturated/α-hetero) is 1. The number of aryl methyl sites for hydroxylation is 1. The monoisotopic (exact) mass is 213 g/mol. The van der Waals surface area contributed by atoms with Crippen molar-refractivity contribution in [2.45, 2.75) is 13.8 Å². The standard InChI is InChI=1S/C8H8BrNO/c1-5-3-4-7(6(2)11)8(9)10-5/h3-4H,1-2H3. The molecule has 1 heterocycles. The van der Waals surface area contributed by atoms with E-state index in [1.165, 1.54) is 6.92 Å². The summed E-state index contributed by atoms with van der Waals surface area (Å²) in [6.07, 6.45) is 0. The maximum Gasteiger partial charge on any atom is 0.162 e. The van der Waals surface area contributed by atoms with E-state index in [2.05, 4.69) is 20.9 Å². The number of hydrogen-bond donors (Lipinski definition) is 0. The van der Waals surface area contributed by atoms with Gasteiger partial charge in [-0.1, -0.05) is 0 Å². The third-order valence-electron chi connectivity index (χ3n) is 1.37. The molecule has 11 heavy (non-hydrogen) atoms. The number of pyridine rings is 1. The van der Waals surface area contributed by atoms with Gasteiger partial charge in [0.2, 0.25) is 0 Å². The van der Waals surface area contributed by atoms with E-state index in [-0.39, 0.29) is 5.78 Å². The zero-order chi connectivity index (χ0) is 8.43. The number of aromatic nitrogens is 1. The lowest BCUT2D eigenvalue weighted by Crippen LogP contribution is -1.96. The second-order valence-corrected chi connectivity index (χ2v) is 3.10. The van der Waals surface area contributed by atoms with Crippen molar-refractivity contribution in [2.24, 2.45) is 0 Å². The molecule has 0 radical (unpaired) electrons. The summed E-state index contributed by atoms with van der Waals surface area (Å²) in [5.41, 5.74) is 1.54. The fourth-order valence-corrected chi connectivity index (χ4v) is 1.48. The predicted octanol–water partition coefficient (Wildman–Crippen LogP) is 2.36. The topological polar surface area (TPSA) is 30.0 Å². The van der Waals surface area contributed by atoms with Crippen LogP contribution in [-0.2, 0) is 0 Å². The zero-order valence-electron chi connectivity index (χ0n) is 6.39. The summed E-state index contributed by atoms with van der Waals surface area (Å²) < 4.78 is 0.630. The molecule has 0 aliphatic carbocycles. The lowest BCUT2D eigenvalue weighted by molar-refractivity contribution is 0.101. The molecule has 2 nitrogen and oxygen atoms in total. The summed E-state index contributed by atoms with van der Waals surface area (Å²) in [4.78, 5) is 15.0. The summed E-state index contributed by atoms with van der Waals surface area (Å²) in [5, 5.41) is 0. The molecular formula is C8H8BrNO. The first kappa shape index (κ1) is 8.40. The van der Waals surface area contributed by atoms with Gasteiger partial charge in [-0.15, -0.1) is 0 Å². The van der Waals surface area contributed by atoms with E-state index in [0.717, 1.165) is 5.69 Å². The van der Waals surface area contributed by atoms with Gasteiger partial charge in [-0.25, -0.2) is 4.98 Å². The highest BCUT2D eigenvalue weighted by Crippen LogP contribution is 2.14. The second kappa shape index (κ2) is 3.13. The molecule has 0 N–H and O–H groups in total. The Morgan fingerprint density at radius 1 is 1.55 bits per heavy atom. The first-order valence-electron chi connectivity index (χ1n) is 3.25. The molecule has 0 amide bonds. The zero-order valence-corrected chi connectivity index (χ0v) is 7.97. The van der Waals surface area contributed by atoms with Gasteiger partial charge in [0.05, 0.1) is 5.56 Å². The van der Waals surface area contributed by atoms with E-state index in [1.54, 1.807) is 6.07 Å². The van der Waals surface area contributed by atoms with E-state index in [4.69, 9.17) is 0 Å². The van der Waals surface area contributed by atoms with Crippen LogP contribution in [0.5, 0.6) is 0 Å². The van der Waals surface area contributed by atoms with Crippen molar-refractivity contribution in [1.29, 1.82) is 0 Å². The Morgan fingerprint density at radius 2 is 2.18 bits per heavy atom. The molecule has 0 bridgehead atoms. The Hall–Kier alpha value is -0.700. The summed E-state index contributed by atoms with van der Waals surface area (Å²) >= 11 is 3.22. The number of carbonyl (C=O) groups excluding carboxylic acids is 1. The van der Waals surface area contributed by atoms with Crippen LogP contribution in [0.25, 0.3) is 0 Å². The Labute approximate surface area is 73.8 Å². The highest BCUT2D eigenvalue weighted by Gasteiger charge is 2.04. The number of rotatable bonds is 1. The smallest absolute Gasteiger partial charge is 0.162 e.